The van der Waals surface area contributed by atoms with Crippen LogP contribution in [0.3, 0.4) is 0 Å². The average molecular weight is 441 g/mol. The minimum atomic E-state index is -0.0457. The molecule has 1 amide bonds. The molecule has 5 nitrogen and oxygen atoms in total. The van der Waals surface area contributed by atoms with Crippen molar-refractivity contribution in [1.29, 1.82) is 0 Å². The number of carbonyl (C=O) groups excluding carboxylic acids is 1. The predicted octanol–water partition coefficient (Wildman–Crippen LogP) is 5.41. The van der Waals surface area contributed by atoms with E-state index < -0.39 is 0 Å². The highest BCUT2D eigenvalue weighted by molar-refractivity contribution is 7.99. The maximum absolute atomic E-state index is 12.3. The van der Waals surface area contributed by atoms with Crippen molar-refractivity contribution in [2.45, 2.75) is 43.4 Å². The highest BCUT2D eigenvalue weighted by Gasteiger charge is 2.12. The van der Waals surface area contributed by atoms with Gasteiger partial charge in [0.1, 0.15) is 5.82 Å². The molecule has 3 rings (SSSR count). The molecule has 1 aromatic heterocycles. The summed E-state index contributed by atoms with van der Waals surface area (Å²) >= 11 is 3.21. The molecule has 0 spiro atoms. The summed E-state index contributed by atoms with van der Waals surface area (Å²) in [5.74, 6) is 3.37. The van der Waals surface area contributed by atoms with Crippen LogP contribution in [0.25, 0.3) is 0 Å². The number of hydrogen-bond donors (Lipinski definition) is 1. The zero-order chi connectivity index (χ0) is 21.5. The number of thioether (sulfide) groups is 2. The van der Waals surface area contributed by atoms with Crippen LogP contribution >= 0.6 is 23.5 Å². The molecule has 1 N–H and O–H groups in total. The van der Waals surface area contributed by atoms with Gasteiger partial charge < -0.3 is 9.88 Å². The van der Waals surface area contributed by atoms with Crippen LogP contribution in [0.2, 0.25) is 0 Å². The third kappa shape index (κ3) is 6.37. The van der Waals surface area contributed by atoms with Crippen LogP contribution in [0.15, 0.2) is 53.7 Å². The lowest BCUT2D eigenvalue weighted by molar-refractivity contribution is -0.113. The highest BCUT2D eigenvalue weighted by Crippen LogP contribution is 2.22. The molecule has 0 fully saturated rings. The number of hydrogen-bond acceptors (Lipinski definition) is 5. The molecule has 0 radical (unpaired) electrons. The Hall–Kier alpha value is -2.25. The minimum absolute atomic E-state index is 0.0457. The first kappa shape index (κ1) is 22.4. The molecule has 7 heteroatoms. The first-order valence-corrected chi connectivity index (χ1v) is 12.1. The molecule has 2 aromatic carbocycles. The van der Waals surface area contributed by atoms with Crippen molar-refractivity contribution in [3.8, 4) is 0 Å². The van der Waals surface area contributed by atoms with E-state index in [1.54, 1.807) is 0 Å². The van der Waals surface area contributed by atoms with E-state index >= 15 is 0 Å². The number of amides is 1. The number of anilines is 1. The zero-order valence-electron chi connectivity index (χ0n) is 17.9. The zero-order valence-corrected chi connectivity index (χ0v) is 19.5. The van der Waals surface area contributed by atoms with Crippen LogP contribution < -0.4 is 5.32 Å². The van der Waals surface area contributed by atoms with Crippen LogP contribution in [-0.4, -0.2) is 26.4 Å². The summed E-state index contributed by atoms with van der Waals surface area (Å²) in [6.07, 6.45) is 0. The van der Waals surface area contributed by atoms with Gasteiger partial charge in [0.15, 0.2) is 5.16 Å². The van der Waals surface area contributed by atoms with Crippen LogP contribution in [0.4, 0.5) is 5.69 Å². The van der Waals surface area contributed by atoms with E-state index in [4.69, 9.17) is 0 Å². The smallest absolute Gasteiger partial charge is 0.234 e. The summed E-state index contributed by atoms with van der Waals surface area (Å²) in [7, 11) is 1.95. The molecule has 30 heavy (non-hydrogen) atoms. The lowest BCUT2D eigenvalue weighted by atomic mass is 10.0. The SMILES string of the molecule is Cc1ccc(CSCc2nnc(SCC(=O)Nc3ccc(C(C)C)cc3)n2C)cc1. The predicted molar refractivity (Wildman–Crippen MR) is 127 cm³/mol. The summed E-state index contributed by atoms with van der Waals surface area (Å²) in [5, 5.41) is 12.2. The van der Waals surface area contributed by atoms with Crippen molar-refractivity contribution in [3.63, 3.8) is 0 Å². The van der Waals surface area contributed by atoms with Gasteiger partial charge in [0, 0.05) is 18.5 Å². The van der Waals surface area contributed by atoms with E-state index in [0.29, 0.717) is 11.7 Å². The molecule has 0 saturated heterocycles. The Balaban J connectivity index is 1.46. The van der Waals surface area contributed by atoms with Crippen LogP contribution in [-0.2, 0) is 23.3 Å². The highest BCUT2D eigenvalue weighted by atomic mass is 32.2. The fraction of sp³-hybridized carbons (Fsp3) is 0.348. The van der Waals surface area contributed by atoms with E-state index in [1.807, 2.05) is 35.5 Å². The fourth-order valence-electron chi connectivity index (χ4n) is 2.82. The molecule has 0 aliphatic heterocycles. The van der Waals surface area contributed by atoms with Gasteiger partial charge in [0.25, 0.3) is 0 Å². The van der Waals surface area contributed by atoms with Gasteiger partial charge in [-0.25, -0.2) is 0 Å². The summed E-state index contributed by atoms with van der Waals surface area (Å²) < 4.78 is 1.97. The average Bonchev–Trinajstić information content (AvgIpc) is 3.08. The second-order valence-corrected chi connectivity index (χ2v) is 9.48. The number of benzene rings is 2. The van der Waals surface area contributed by atoms with Crippen molar-refractivity contribution in [2.75, 3.05) is 11.1 Å². The normalized spacial score (nSPS) is 11.1. The van der Waals surface area contributed by atoms with E-state index in [-0.39, 0.29) is 5.91 Å². The molecule has 0 aliphatic rings. The van der Waals surface area contributed by atoms with Crippen molar-refractivity contribution in [2.24, 2.45) is 7.05 Å². The van der Waals surface area contributed by atoms with E-state index in [9.17, 15) is 4.79 Å². The van der Waals surface area contributed by atoms with Gasteiger partial charge in [-0.15, -0.1) is 22.0 Å². The van der Waals surface area contributed by atoms with Gasteiger partial charge in [-0.05, 0) is 36.1 Å². The third-order valence-corrected chi connectivity index (χ3v) is 6.76. The standard InChI is InChI=1S/C23H28N4OS2/c1-16(2)19-9-11-20(12-10-19)24-22(28)15-30-23-26-25-21(27(23)4)14-29-13-18-7-5-17(3)6-8-18/h5-12,16H,13-15H2,1-4H3,(H,24,28). The summed E-state index contributed by atoms with van der Waals surface area (Å²) in [6.45, 7) is 6.40. The quantitative estimate of drug-likeness (QED) is 0.451. The summed E-state index contributed by atoms with van der Waals surface area (Å²) in [4.78, 5) is 12.3. The number of aromatic nitrogens is 3. The van der Waals surface area contributed by atoms with E-state index in [0.717, 1.165) is 28.2 Å². The second kappa shape index (κ2) is 10.7. The maximum atomic E-state index is 12.3. The fourth-order valence-corrected chi connectivity index (χ4v) is 4.51. The molecular formula is C23H28N4OS2. The Morgan fingerprint density at radius 2 is 1.73 bits per heavy atom. The molecule has 1 heterocycles. The molecule has 0 bridgehead atoms. The summed E-state index contributed by atoms with van der Waals surface area (Å²) in [6, 6.07) is 16.6. The van der Waals surface area contributed by atoms with Crippen molar-refractivity contribution in [1.82, 2.24) is 14.8 Å². The first-order valence-electron chi connectivity index (χ1n) is 9.96. The number of rotatable bonds is 9. The number of carbonyl (C=O) groups is 1. The Morgan fingerprint density at radius 1 is 1.03 bits per heavy atom. The Kier molecular flexibility index (Phi) is 7.99. The third-order valence-electron chi connectivity index (χ3n) is 4.74. The van der Waals surface area contributed by atoms with Crippen LogP contribution in [0.5, 0.6) is 0 Å². The van der Waals surface area contributed by atoms with Crippen LogP contribution in [0.1, 0.15) is 42.3 Å². The Morgan fingerprint density at radius 3 is 2.40 bits per heavy atom. The van der Waals surface area contributed by atoms with Gasteiger partial charge >= 0.3 is 0 Å². The number of nitrogens with one attached hydrogen (secondary N) is 1. The van der Waals surface area contributed by atoms with Crippen LogP contribution in [0, 0.1) is 6.92 Å². The molecule has 0 aliphatic carbocycles. The van der Waals surface area contributed by atoms with Crippen molar-refractivity contribution in [3.05, 3.63) is 71.0 Å². The maximum Gasteiger partial charge on any atom is 0.234 e. The van der Waals surface area contributed by atoms with Gasteiger partial charge in [0.05, 0.1) is 11.5 Å². The molecule has 3 aromatic rings. The monoisotopic (exact) mass is 440 g/mol. The lowest BCUT2D eigenvalue weighted by Gasteiger charge is -2.08. The van der Waals surface area contributed by atoms with Gasteiger partial charge in [-0.2, -0.15) is 0 Å². The first-order chi connectivity index (χ1) is 14.4. The molecule has 158 valence electrons. The molecule has 0 saturated carbocycles. The Bertz CT molecular complexity index is 966. The van der Waals surface area contributed by atoms with Crippen molar-refractivity contribution < 1.29 is 4.79 Å². The van der Waals surface area contributed by atoms with E-state index in [2.05, 4.69) is 72.7 Å². The molecule has 0 unspecified atom stereocenters. The van der Waals surface area contributed by atoms with Gasteiger partial charge in [0.2, 0.25) is 5.91 Å². The lowest BCUT2D eigenvalue weighted by Crippen LogP contribution is -2.14. The Labute approximate surface area is 187 Å². The molecule has 0 atom stereocenters. The minimum Gasteiger partial charge on any atom is -0.325 e. The van der Waals surface area contributed by atoms with Crippen molar-refractivity contribution >= 4 is 35.1 Å². The van der Waals surface area contributed by atoms with Gasteiger partial charge in [-0.3, -0.25) is 4.79 Å². The topological polar surface area (TPSA) is 59.8 Å². The second-order valence-electron chi connectivity index (χ2n) is 7.55. The molecular weight excluding hydrogens is 412 g/mol. The van der Waals surface area contributed by atoms with E-state index in [1.165, 1.54) is 28.5 Å². The summed E-state index contributed by atoms with van der Waals surface area (Å²) in [5.41, 5.74) is 4.65. The van der Waals surface area contributed by atoms with Gasteiger partial charge in [-0.1, -0.05) is 67.6 Å². The number of aryl methyl sites for hydroxylation is 1. The number of nitrogens with zero attached hydrogens (tertiary/aromatic N) is 3. The largest absolute Gasteiger partial charge is 0.325 e.